The number of anilines is 3. The highest BCUT2D eigenvalue weighted by atomic mass is 35.5. The van der Waals surface area contributed by atoms with Gasteiger partial charge in [-0.1, -0.05) is 92.0 Å². The first-order valence-electron chi connectivity index (χ1n) is 14.6. The highest BCUT2D eigenvalue weighted by Crippen LogP contribution is 2.48. The van der Waals surface area contributed by atoms with Crippen molar-refractivity contribution < 1.29 is 0 Å². The van der Waals surface area contributed by atoms with E-state index >= 15 is 0 Å². The van der Waals surface area contributed by atoms with Crippen molar-refractivity contribution in [1.82, 2.24) is 0 Å². The van der Waals surface area contributed by atoms with Crippen molar-refractivity contribution in [2.45, 2.75) is 117 Å². The predicted octanol–water partition coefficient (Wildman–Crippen LogP) is 11.5. The van der Waals surface area contributed by atoms with Gasteiger partial charge in [0.05, 0.1) is 0 Å². The molecule has 2 heteroatoms. The molecule has 0 amide bonds. The number of nitrogens with zero attached hydrogens (tertiary/aromatic N) is 1. The van der Waals surface area contributed by atoms with Crippen LogP contribution in [0.15, 0.2) is 54.6 Å². The zero-order valence-corrected chi connectivity index (χ0v) is 26.0. The molecule has 1 aliphatic carbocycles. The molecule has 1 nitrogen and oxygen atoms in total. The van der Waals surface area contributed by atoms with E-state index in [0.29, 0.717) is 0 Å². The molecule has 0 unspecified atom stereocenters. The third-order valence-corrected chi connectivity index (χ3v) is 9.21. The van der Waals surface area contributed by atoms with Gasteiger partial charge in [-0.3, -0.25) is 0 Å². The third-order valence-electron chi connectivity index (χ3n) is 9.00. The summed E-state index contributed by atoms with van der Waals surface area (Å²) in [4.78, 5) is 2.43. The van der Waals surface area contributed by atoms with Crippen LogP contribution in [0, 0.1) is 6.92 Å². The van der Waals surface area contributed by atoms with Gasteiger partial charge in [0, 0.05) is 22.1 Å². The number of halogens is 1. The summed E-state index contributed by atoms with van der Waals surface area (Å²) in [6.07, 6.45) is 7.13. The van der Waals surface area contributed by atoms with Crippen molar-refractivity contribution in [3.63, 3.8) is 0 Å². The highest BCUT2D eigenvalue weighted by molar-refractivity contribution is 6.31. The van der Waals surface area contributed by atoms with Crippen LogP contribution >= 0.6 is 11.6 Å². The largest absolute Gasteiger partial charge is 0.310 e. The summed E-state index contributed by atoms with van der Waals surface area (Å²) in [7, 11) is 0. The van der Waals surface area contributed by atoms with E-state index in [-0.39, 0.29) is 16.2 Å². The molecule has 0 heterocycles. The topological polar surface area (TPSA) is 3.24 Å². The maximum Gasteiger partial charge on any atom is 0.0479 e. The minimum Gasteiger partial charge on any atom is -0.310 e. The quantitative estimate of drug-likeness (QED) is 0.280. The molecule has 38 heavy (non-hydrogen) atoms. The van der Waals surface area contributed by atoms with Gasteiger partial charge >= 0.3 is 0 Å². The fraction of sp³-hybridized carbons (Fsp3) is 0.500. The lowest BCUT2D eigenvalue weighted by Gasteiger charge is -2.42. The number of fused-ring (bicyclic) bond motifs is 1. The van der Waals surface area contributed by atoms with Crippen LogP contribution in [-0.2, 0) is 22.7 Å². The fourth-order valence-corrected chi connectivity index (χ4v) is 6.69. The first-order chi connectivity index (χ1) is 17.8. The molecule has 204 valence electrons. The molecule has 0 saturated heterocycles. The summed E-state index contributed by atoms with van der Waals surface area (Å²) in [5.74, 6) is 0. The zero-order chi connectivity index (χ0) is 27.9. The normalized spacial score (nSPS) is 16.3. The molecular weight excluding hydrogens is 482 g/mol. The van der Waals surface area contributed by atoms with Gasteiger partial charge in [0.1, 0.15) is 0 Å². The molecular formula is C36H48ClN. The molecule has 0 spiro atoms. The number of hydrogen-bond donors (Lipinski definition) is 0. The molecule has 1 aliphatic rings. The Morgan fingerprint density at radius 1 is 0.789 bits per heavy atom. The minimum absolute atomic E-state index is 0.120. The number of aryl methyl sites for hydroxylation is 2. The maximum absolute atomic E-state index is 6.65. The van der Waals surface area contributed by atoms with Crippen molar-refractivity contribution >= 4 is 28.7 Å². The van der Waals surface area contributed by atoms with Gasteiger partial charge in [-0.05, 0) is 119 Å². The third kappa shape index (κ3) is 5.69. The zero-order valence-electron chi connectivity index (χ0n) is 25.3. The van der Waals surface area contributed by atoms with Crippen molar-refractivity contribution in [3.8, 4) is 0 Å². The Morgan fingerprint density at radius 2 is 1.42 bits per heavy atom. The van der Waals surface area contributed by atoms with Crippen molar-refractivity contribution in [2.24, 2.45) is 0 Å². The second-order valence-corrected chi connectivity index (χ2v) is 13.9. The smallest absolute Gasteiger partial charge is 0.0479 e. The van der Waals surface area contributed by atoms with E-state index in [9.17, 15) is 0 Å². The first kappa shape index (κ1) is 28.8. The van der Waals surface area contributed by atoms with Crippen LogP contribution in [0.3, 0.4) is 0 Å². The lowest BCUT2D eigenvalue weighted by molar-refractivity contribution is 0.332. The molecule has 0 fully saturated rings. The van der Waals surface area contributed by atoms with Crippen molar-refractivity contribution in [2.75, 3.05) is 4.90 Å². The van der Waals surface area contributed by atoms with E-state index in [2.05, 4.69) is 116 Å². The minimum atomic E-state index is 0.120. The SMILES string of the molecule is CCCCC(C)(C)c1cc(N(c2cc(C)cc(Cl)c2)c2ccc3c(c2)C(C)(C)CCC3(C)C)ccc1CC. The second-order valence-electron chi connectivity index (χ2n) is 13.5. The molecule has 3 aromatic rings. The van der Waals surface area contributed by atoms with Crippen LogP contribution in [0.25, 0.3) is 0 Å². The predicted molar refractivity (Wildman–Crippen MR) is 168 cm³/mol. The van der Waals surface area contributed by atoms with Gasteiger partial charge in [0.2, 0.25) is 0 Å². The molecule has 0 saturated carbocycles. The number of benzene rings is 3. The van der Waals surface area contributed by atoms with Crippen LogP contribution < -0.4 is 4.90 Å². The Labute approximate surface area is 237 Å². The average molecular weight is 530 g/mol. The van der Waals surface area contributed by atoms with Crippen LogP contribution in [0.5, 0.6) is 0 Å². The maximum atomic E-state index is 6.65. The number of rotatable bonds is 8. The Morgan fingerprint density at radius 3 is 2.05 bits per heavy atom. The van der Waals surface area contributed by atoms with Gasteiger partial charge in [-0.2, -0.15) is 0 Å². The molecule has 0 atom stereocenters. The van der Waals surface area contributed by atoms with E-state index in [4.69, 9.17) is 11.6 Å². The van der Waals surface area contributed by atoms with Gasteiger partial charge in [-0.25, -0.2) is 0 Å². The van der Waals surface area contributed by atoms with E-state index < -0.39 is 0 Å². The molecule has 0 radical (unpaired) electrons. The summed E-state index contributed by atoms with van der Waals surface area (Å²) in [6.45, 7) is 21.1. The summed E-state index contributed by atoms with van der Waals surface area (Å²) >= 11 is 6.65. The van der Waals surface area contributed by atoms with Crippen molar-refractivity contribution in [3.05, 3.63) is 87.4 Å². The summed E-state index contributed by atoms with van der Waals surface area (Å²) in [5, 5.41) is 0.776. The van der Waals surface area contributed by atoms with Crippen LogP contribution in [-0.4, -0.2) is 0 Å². The van der Waals surface area contributed by atoms with Gasteiger partial charge in [0.25, 0.3) is 0 Å². The molecule has 0 bridgehead atoms. The van der Waals surface area contributed by atoms with E-state index in [1.54, 1.807) is 0 Å². The van der Waals surface area contributed by atoms with Gasteiger partial charge < -0.3 is 4.90 Å². The Hall–Kier alpha value is -2.25. The second kappa shape index (κ2) is 10.7. The Bertz CT molecular complexity index is 1280. The molecule has 4 rings (SSSR count). The standard InChI is InChI=1S/C36H48ClN/c1-10-12-17-34(4,5)32-23-28(14-13-26(32)11-2)38(30-21-25(3)20-27(37)22-30)29-15-16-31-33(24-29)36(8,9)19-18-35(31,6)7/h13-16,20-24H,10-12,17-19H2,1-9H3. The monoisotopic (exact) mass is 529 g/mol. The van der Waals surface area contributed by atoms with Gasteiger partial charge in [0.15, 0.2) is 0 Å². The summed E-state index contributed by atoms with van der Waals surface area (Å²) in [6, 6.07) is 20.7. The number of hydrogen-bond acceptors (Lipinski definition) is 1. The van der Waals surface area contributed by atoms with Crippen LogP contribution in [0.1, 0.15) is 115 Å². The van der Waals surface area contributed by atoms with Crippen LogP contribution in [0.2, 0.25) is 5.02 Å². The lowest BCUT2D eigenvalue weighted by atomic mass is 9.63. The lowest BCUT2D eigenvalue weighted by Crippen LogP contribution is -2.34. The Kier molecular flexibility index (Phi) is 8.11. The summed E-state index contributed by atoms with van der Waals surface area (Å²) in [5.41, 5.74) is 11.0. The molecule has 3 aromatic carbocycles. The van der Waals surface area contributed by atoms with E-state index in [0.717, 1.165) is 17.1 Å². The number of unbranched alkanes of at least 4 members (excludes halogenated alkanes) is 1. The Balaban J connectivity index is 1.95. The van der Waals surface area contributed by atoms with E-state index in [1.807, 2.05) is 6.07 Å². The first-order valence-corrected chi connectivity index (χ1v) is 15.0. The van der Waals surface area contributed by atoms with Crippen molar-refractivity contribution in [1.29, 1.82) is 0 Å². The van der Waals surface area contributed by atoms with Gasteiger partial charge in [-0.15, -0.1) is 0 Å². The van der Waals surface area contributed by atoms with E-state index in [1.165, 1.54) is 71.3 Å². The molecule has 0 aliphatic heterocycles. The highest BCUT2D eigenvalue weighted by Gasteiger charge is 2.37. The summed E-state index contributed by atoms with van der Waals surface area (Å²) < 4.78 is 0. The average Bonchev–Trinajstić information content (AvgIpc) is 2.85. The fourth-order valence-electron chi connectivity index (χ4n) is 6.40. The van der Waals surface area contributed by atoms with Crippen LogP contribution in [0.4, 0.5) is 17.1 Å². The molecule has 0 N–H and O–H groups in total. The molecule has 0 aromatic heterocycles.